The molecule has 0 atom stereocenters. The van der Waals surface area contributed by atoms with E-state index < -0.39 is 0 Å². The lowest BCUT2D eigenvalue weighted by atomic mass is 9.99. The Bertz CT molecular complexity index is 908. The zero-order valence-electron chi connectivity index (χ0n) is 16.2. The Morgan fingerprint density at radius 1 is 1.00 bits per heavy atom. The first-order valence-electron chi connectivity index (χ1n) is 9.56. The Morgan fingerprint density at radius 2 is 1.75 bits per heavy atom. The first-order valence-corrected chi connectivity index (χ1v) is 9.56. The van der Waals surface area contributed by atoms with E-state index in [1.54, 1.807) is 36.1 Å². The van der Waals surface area contributed by atoms with Gasteiger partial charge in [-0.1, -0.05) is 12.1 Å². The molecule has 1 aliphatic heterocycles. The van der Waals surface area contributed by atoms with Crippen LogP contribution in [-0.2, 0) is 17.8 Å². The Kier molecular flexibility index (Phi) is 6.09. The minimum absolute atomic E-state index is 0.0187. The van der Waals surface area contributed by atoms with Gasteiger partial charge in [-0.05, 0) is 61.2 Å². The second-order valence-electron chi connectivity index (χ2n) is 6.86. The third-order valence-corrected chi connectivity index (χ3v) is 4.82. The predicted octanol–water partition coefficient (Wildman–Crippen LogP) is 2.67. The van der Waals surface area contributed by atoms with Crippen LogP contribution in [0.4, 0.5) is 5.69 Å². The van der Waals surface area contributed by atoms with E-state index in [1.807, 2.05) is 25.1 Å². The van der Waals surface area contributed by atoms with Crippen LogP contribution in [0.25, 0.3) is 0 Å². The van der Waals surface area contributed by atoms with Crippen LogP contribution in [-0.4, -0.2) is 30.8 Å². The van der Waals surface area contributed by atoms with E-state index in [2.05, 4.69) is 10.6 Å². The van der Waals surface area contributed by atoms with Crippen LogP contribution < -0.4 is 15.5 Å². The molecule has 3 rings (SSSR count). The number of hydrogen-bond acceptors (Lipinski definition) is 3. The van der Waals surface area contributed by atoms with Gasteiger partial charge in [0.2, 0.25) is 5.91 Å². The van der Waals surface area contributed by atoms with Gasteiger partial charge in [-0.2, -0.15) is 0 Å². The zero-order chi connectivity index (χ0) is 20.1. The molecule has 0 saturated carbocycles. The average Bonchev–Trinajstić information content (AvgIpc) is 2.71. The van der Waals surface area contributed by atoms with Crippen LogP contribution in [0.3, 0.4) is 0 Å². The number of fused-ring (bicyclic) bond motifs is 1. The molecule has 6 heteroatoms. The number of anilines is 1. The fourth-order valence-electron chi connectivity index (χ4n) is 3.44. The number of amides is 3. The molecule has 146 valence electrons. The van der Waals surface area contributed by atoms with Gasteiger partial charge < -0.3 is 15.5 Å². The van der Waals surface area contributed by atoms with Gasteiger partial charge in [0.15, 0.2) is 0 Å². The van der Waals surface area contributed by atoms with Gasteiger partial charge in [-0.25, -0.2) is 0 Å². The highest BCUT2D eigenvalue weighted by molar-refractivity contribution is 5.97. The van der Waals surface area contributed by atoms with Gasteiger partial charge in [-0.3, -0.25) is 14.4 Å². The Hall–Kier alpha value is -3.15. The monoisotopic (exact) mass is 379 g/mol. The molecule has 0 fully saturated rings. The smallest absolute Gasteiger partial charge is 0.251 e. The van der Waals surface area contributed by atoms with Gasteiger partial charge in [0.25, 0.3) is 11.8 Å². The fraction of sp³-hybridized carbons (Fsp3) is 0.318. The Labute approximate surface area is 164 Å². The topological polar surface area (TPSA) is 78.5 Å². The molecule has 2 aromatic rings. The van der Waals surface area contributed by atoms with Crippen molar-refractivity contribution in [2.75, 3.05) is 18.0 Å². The average molecular weight is 379 g/mol. The summed E-state index contributed by atoms with van der Waals surface area (Å²) in [5.41, 5.74) is 3.92. The largest absolute Gasteiger partial charge is 0.352 e. The van der Waals surface area contributed by atoms with Crippen LogP contribution in [0.2, 0.25) is 0 Å². The van der Waals surface area contributed by atoms with Crippen LogP contribution in [0, 0.1) is 0 Å². The van der Waals surface area contributed by atoms with Gasteiger partial charge in [0.1, 0.15) is 0 Å². The maximum Gasteiger partial charge on any atom is 0.251 e. The molecule has 0 spiro atoms. The minimum Gasteiger partial charge on any atom is -0.352 e. The number of benzene rings is 2. The van der Waals surface area contributed by atoms with Gasteiger partial charge in [-0.15, -0.1) is 0 Å². The molecule has 0 saturated heterocycles. The van der Waals surface area contributed by atoms with Gasteiger partial charge >= 0.3 is 0 Å². The van der Waals surface area contributed by atoms with Crippen molar-refractivity contribution in [1.82, 2.24) is 10.6 Å². The van der Waals surface area contributed by atoms with E-state index in [-0.39, 0.29) is 17.7 Å². The molecule has 3 amide bonds. The second-order valence-corrected chi connectivity index (χ2v) is 6.86. The number of nitrogens with one attached hydrogen (secondary N) is 2. The maximum absolute atomic E-state index is 12.6. The van der Waals surface area contributed by atoms with Crippen molar-refractivity contribution in [3.05, 3.63) is 64.7 Å². The summed E-state index contributed by atoms with van der Waals surface area (Å²) in [6.45, 7) is 5.05. The summed E-state index contributed by atoms with van der Waals surface area (Å²) >= 11 is 0. The summed E-state index contributed by atoms with van der Waals surface area (Å²) in [5.74, 6) is -0.281. The number of rotatable bonds is 5. The first-order chi connectivity index (χ1) is 13.5. The molecule has 0 bridgehead atoms. The van der Waals surface area contributed by atoms with Gasteiger partial charge in [0.05, 0.1) is 0 Å². The number of carbonyl (C=O) groups excluding carboxylic acids is 3. The molecular weight excluding hydrogens is 354 g/mol. The molecule has 0 aliphatic carbocycles. The Morgan fingerprint density at radius 3 is 2.50 bits per heavy atom. The summed E-state index contributed by atoms with van der Waals surface area (Å²) in [7, 11) is 0. The molecule has 0 radical (unpaired) electrons. The van der Waals surface area contributed by atoms with E-state index in [9.17, 15) is 14.4 Å². The summed E-state index contributed by atoms with van der Waals surface area (Å²) < 4.78 is 0. The SMILES string of the molecule is CCNC(=O)c1cccc(CNC(=O)c2ccc3c(c2)CCCN3C(C)=O)c1. The number of hydrogen-bond donors (Lipinski definition) is 2. The molecule has 1 aliphatic rings. The summed E-state index contributed by atoms with van der Waals surface area (Å²) in [4.78, 5) is 38.0. The molecular formula is C22H25N3O3. The second kappa shape index (κ2) is 8.69. The zero-order valence-corrected chi connectivity index (χ0v) is 16.2. The fourth-order valence-corrected chi connectivity index (χ4v) is 3.44. The molecule has 1 heterocycles. The van der Waals surface area contributed by atoms with Crippen molar-refractivity contribution in [2.45, 2.75) is 33.2 Å². The van der Waals surface area contributed by atoms with E-state index in [4.69, 9.17) is 0 Å². The first kappa shape index (κ1) is 19.6. The molecule has 6 nitrogen and oxygen atoms in total. The summed E-state index contributed by atoms with van der Waals surface area (Å²) in [6, 6.07) is 12.7. The lowest BCUT2D eigenvalue weighted by Crippen LogP contribution is -2.33. The predicted molar refractivity (Wildman–Crippen MR) is 108 cm³/mol. The maximum atomic E-state index is 12.6. The van der Waals surface area contributed by atoms with Crippen molar-refractivity contribution in [1.29, 1.82) is 0 Å². The number of nitrogens with zero attached hydrogens (tertiary/aromatic N) is 1. The molecule has 0 aromatic heterocycles. The van der Waals surface area contributed by atoms with Crippen LogP contribution in [0.15, 0.2) is 42.5 Å². The molecule has 2 aromatic carbocycles. The van der Waals surface area contributed by atoms with E-state index in [1.165, 1.54) is 0 Å². The lowest BCUT2D eigenvalue weighted by molar-refractivity contribution is -0.116. The van der Waals surface area contributed by atoms with Crippen LogP contribution >= 0.6 is 0 Å². The molecule has 28 heavy (non-hydrogen) atoms. The van der Waals surface area contributed by atoms with Crippen molar-refractivity contribution in [2.24, 2.45) is 0 Å². The van der Waals surface area contributed by atoms with E-state index in [0.29, 0.717) is 24.2 Å². The lowest BCUT2D eigenvalue weighted by Gasteiger charge is -2.28. The van der Waals surface area contributed by atoms with Crippen LogP contribution in [0.5, 0.6) is 0 Å². The molecule has 0 unspecified atom stereocenters. The van der Waals surface area contributed by atoms with Crippen molar-refractivity contribution >= 4 is 23.4 Å². The number of aryl methyl sites for hydroxylation is 1. The van der Waals surface area contributed by atoms with Crippen LogP contribution in [0.1, 0.15) is 52.1 Å². The summed E-state index contributed by atoms with van der Waals surface area (Å²) in [6.07, 6.45) is 1.75. The quantitative estimate of drug-likeness (QED) is 0.838. The van der Waals surface area contributed by atoms with Gasteiger partial charge in [0, 0.05) is 43.4 Å². The number of carbonyl (C=O) groups is 3. The summed E-state index contributed by atoms with van der Waals surface area (Å²) in [5, 5.41) is 5.67. The third-order valence-electron chi connectivity index (χ3n) is 4.82. The van der Waals surface area contributed by atoms with E-state index >= 15 is 0 Å². The minimum atomic E-state index is -0.175. The highest BCUT2D eigenvalue weighted by Gasteiger charge is 2.21. The standard InChI is InChI=1S/C22H25N3O3/c1-3-23-21(27)18-7-4-6-16(12-18)14-24-22(28)19-9-10-20-17(13-19)8-5-11-25(20)15(2)26/h4,6-7,9-10,12-13H,3,5,8,11,14H2,1-2H3,(H,23,27)(H,24,28). The normalized spacial score (nSPS) is 12.9. The third kappa shape index (κ3) is 4.39. The highest BCUT2D eigenvalue weighted by Crippen LogP contribution is 2.28. The molecule has 2 N–H and O–H groups in total. The van der Waals surface area contributed by atoms with Crippen molar-refractivity contribution in [3.8, 4) is 0 Å². The Balaban J connectivity index is 1.68. The highest BCUT2D eigenvalue weighted by atomic mass is 16.2. The van der Waals surface area contributed by atoms with Crippen molar-refractivity contribution < 1.29 is 14.4 Å². The van der Waals surface area contributed by atoms with E-state index in [0.717, 1.165) is 36.2 Å². The van der Waals surface area contributed by atoms with Crippen molar-refractivity contribution in [3.63, 3.8) is 0 Å².